The van der Waals surface area contributed by atoms with E-state index in [4.69, 9.17) is 11.6 Å². The second kappa shape index (κ2) is 5.05. The summed E-state index contributed by atoms with van der Waals surface area (Å²) in [5.41, 5.74) is 1.82. The maximum absolute atomic E-state index is 12.2. The molecule has 0 aliphatic carbocycles. The Kier molecular flexibility index (Phi) is 3.25. The number of H-pyrrole nitrogens is 1. The number of carbonyl (C=O) groups excluding carboxylic acids is 1. The average Bonchev–Trinajstić information content (AvgIpc) is 3.10. The third kappa shape index (κ3) is 2.49. The number of nitrogens with zero attached hydrogens (tertiary/aromatic N) is 2. The van der Waals surface area contributed by atoms with Gasteiger partial charge in [-0.15, -0.1) is 0 Å². The molecule has 0 bridgehead atoms. The third-order valence-corrected chi connectivity index (χ3v) is 3.78. The monoisotopic (exact) mass is 275 g/mol. The third-order valence-electron chi connectivity index (χ3n) is 3.54. The Morgan fingerprint density at radius 1 is 1.47 bits per heavy atom. The van der Waals surface area contributed by atoms with Crippen molar-refractivity contribution in [3.8, 4) is 0 Å². The maximum Gasteiger partial charge on any atom is 0.257 e. The number of nitrogens with one attached hydrogen (secondary N) is 1. The number of halogens is 1. The van der Waals surface area contributed by atoms with Gasteiger partial charge in [0.1, 0.15) is 0 Å². The number of rotatable bonds is 2. The van der Waals surface area contributed by atoms with Crippen LogP contribution in [0.1, 0.15) is 28.3 Å². The summed E-state index contributed by atoms with van der Waals surface area (Å²) in [6.45, 7) is 1.52. The lowest BCUT2D eigenvalue weighted by atomic mass is 9.99. The molecule has 0 unspecified atom stereocenters. The number of aromatic amines is 1. The van der Waals surface area contributed by atoms with Crippen molar-refractivity contribution in [2.75, 3.05) is 13.1 Å². The Bertz CT molecular complexity index is 582. The van der Waals surface area contributed by atoms with Crippen LogP contribution >= 0.6 is 11.6 Å². The number of carbonyl (C=O) groups is 1. The normalized spacial score (nSPS) is 18.8. The minimum atomic E-state index is 0.0401. The van der Waals surface area contributed by atoms with E-state index < -0.39 is 0 Å². The van der Waals surface area contributed by atoms with Crippen molar-refractivity contribution >= 4 is 17.5 Å². The molecule has 4 nitrogen and oxygen atoms in total. The van der Waals surface area contributed by atoms with Gasteiger partial charge in [0.15, 0.2) is 0 Å². The van der Waals surface area contributed by atoms with E-state index in [0.29, 0.717) is 11.5 Å². The van der Waals surface area contributed by atoms with Crippen molar-refractivity contribution in [2.24, 2.45) is 0 Å². The smallest absolute Gasteiger partial charge is 0.257 e. The number of likely N-dealkylation sites (tertiary alicyclic amines) is 1. The molecule has 0 radical (unpaired) electrons. The van der Waals surface area contributed by atoms with E-state index in [2.05, 4.69) is 16.3 Å². The fourth-order valence-corrected chi connectivity index (χ4v) is 2.73. The van der Waals surface area contributed by atoms with Gasteiger partial charge in [-0.05, 0) is 24.1 Å². The zero-order valence-electron chi connectivity index (χ0n) is 10.3. The Hall–Kier alpha value is -1.81. The Morgan fingerprint density at radius 2 is 2.37 bits per heavy atom. The topological polar surface area (TPSA) is 49.0 Å². The summed E-state index contributed by atoms with van der Waals surface area (Å²) in [4.78, 5) is 14.1. The zero-order chi connectivity index (χ0) is 13.2. The number of benzene rings is 1. The highest BCUT2D eigenvalue weighted by atomic mass is 35.5. The van der Waals surface area contributed by atoms with Crippen LogP contribution in [0.3, 0.4) is 0 Å². The molecule has 2 heterocycles. The van der Waals surface area contributed by atoms with Gasteiger partial charge in [-0.25, -0.2) is 0 Å². The number of hydrogen-bond acceptors (Lipinski definition) is 2. The standard InChI is InChI=1S/C14H14ClN3O/c15-13-3-1-2-10(6-13)11-4-5-18(9-11)14(19)12-7-16-17-8-12/h1-3,6-8,11H,4-5,9H2,(H,16,17)/t11-/m0/s1. The molecule has 2 aromatic rings. The first-order chi connectivity index (χ1) is 9.24. The summed E-state index contributed by atoms with van der Waals surface area (Å²) in [6.07, 6.45) is 4.17. The molecule has 0 saturated carbocycles. The Morgan fingerprint density at radius 3 is 3.11 bits per heavy atom. The highest BCUT2D eigenvalue weighted by Gasteiger charge is 2.28. The molecule has 0 spiro atoms. The summed E-state index contributed by atoms with van der Waals surface area (Å²) < 4.78 is 0. The summed E-state index contributed by atoms with van der Waals surface area (Å²) in [6, 6.07) is 7.88. The van der Waals surface area contributed by atoms with E-state index in [1.165, 1.54) is 5.56 Å². The summed E-state index contributed by atoms with van der Waals surface area (Å²) in [7, 11) is 0. The fourth-order valence-electron chi connectivity index (χ4n) is 2.53. The minimum Gasteiger partial charge on any atom is -0.338 e. The van der Waals surface area contributed by atoms with E-state index in [-0.39, 0.29) is 5.91 Å². The summed E-state index contributed by atoms with van der Waals surface area (Å²) in [5, 5.41) is 7.23. The maximum atomic E-state index is 12.2. The van der Waals surface area contributed by atoms with E-state index in [0.717, 1.165) is 24.5 Å². The van der Waals surface area contributed by atoms with Crippen LogP contribution in [0.2, 0.25) is 5.02 Å². The minimum absolute atomic E-state index is 0.0401. The lowest BCUT2D eigenvalue weighted by molar-refractivity contribution is 0.0791. The molecule has 1 fully saturated rings. The quantitative estimate of drug-likeness (QED) is 0.916. The van der Waals surface area contributed by atoms with Crippen LogP contribution in [0.25, 0.3) is 0 Å². The molecule has 1 saturated heterocycles. The number of amides is 1. The molecule has 1 aliphatic heterocycles. The molecular weight excluding hydrogens is 262 g/mol. The highest BCUT2D eigenvalue weighted by molar-refractivity contribution is 6.30. The van der Waals surface area contributed by atoms with Gasteiger partial charge in [0.05, 0.1) is 11.8 Å². The van der Waals surface area contributed by atoms with Crippen molar-refractivity contribution in [3.63, 3.8) is 0 Å². The van der Waals surface area contributed by atoms with Crippen LogP contribution in [0.15, 0.2) is 36.7 Å². The largest absolute Gasteiger partial charge is 0.338 e. The number of aromatic nitrogens is 2. The van der Waals surface area contributed by atoms with Gasteiger partial charge in [0, 0.05) is 30.2 Å². The molecule has 19 heavy (non-hydrogen) atoms. The second-order valence-electron chi connectivity index (χ2n) is 4.78. The molecule has 1 N–H and O–H groups in total. The van der Waals surface area contributed by atoms with Gasteiger partial charge < -0.3 is 4.90 Å². The highest BCUT2D eigenvalue weighted by Crippen LogP contribution is 2.29. The molecule has 98 valence electrons. The Balaban J connectivity index is 1.72. The second-order valence-corrected chi connectivity index (χ2v) is 5.22. The van der Waals surface area contributed by atoms with Crippen molar-refractivity contribution in [1.82, 2.24) is 15.1 Å². The summed E-state index contributed by atoms with van der Waals surface area (Å²) >= 11 is 6.01. The summed E-state index contributed by atoms with van der Waals surface area (Å²) in [5.74, 6) is 0.410. The predicted octanol–water partition coefficient (Wildman–Crippen LogP) is 2.69. The molecule has 3 rings (SSSR count). The number of hydrogen-bond donors (Lipinski definition) is 1. The van der Waals surface area contributed by atoms with Crippen LogP contribution in [0, 0.1) is 0 Å². The van der Waals surface area contributed by atoms with Crippen LogP contribution in [-0.2, 0) is 0 Å². The average molecular weight is 276 g/mol. The zero-order valence-corrected chi connectivity index (χ0v) is 11.1. The van der Waals surface area contributed by atoms with E-state index in [1.807, 2.05) is 23.1 Å². The predicted molar refractivity (Wildman–Crippen MR) is 73.3 cm³/mol. The lowest BCUT2D eigenvalue weighted by Gasteiger charge is -2.15. The molecule has 1 amide bonds. The first kappa shape index (κ1) is 12.2. The van der Waals surface area contributed by atoms with E-state index in [1.54, 1.807) is 12.4 Å². The van der Waals surface area contributed by atoms with Crippen LogP contribution < -0.4 is 0 Å². The van der Waals surface area contributed by atoms with Crippen molar-refractivity contribution < 1.29 is 4.79 Å². The van der Waals surface area contributed by atoms with Crippen LogP contribution in [0.4, 0.5) is 0 Å². The van der Waals surface area contributed by atoms with Crippen molar-refractivity contribution in [2.45, 2.75) is 12.3 Å². The molecule has 5 heteroatoms. The fraction of sp³-hybridized carbons (Fsp3) is 0.286. The van der Waals surface area contributed by atoms with Gasteiger partial charge in [-0.3, -0.25) is 9.89 Å². The lowest BCUT2D eigenvalue weighted by Crippen LogP contribution is -2.28. The Labute approximate surface area is 116 Å². The van der Waals surface area contributed by atoms with Crippen LogP contribution in [-0.4, -0.2) is 34.1 Å². The van der Waals surface area contributed by atoms with E-state index >= 15 is 0 Å². The van der Waals surface area contributed by atoms with Crippen molar-refractivity contribution in [3.05, 3.63) is 52.8 Å². The van der Waals surface area contributed by atoms with Gasteiger partial charge >= 0.3 is 0 Å². The molecule has 1 aromatic carbocycles. The van der Waals surface area contributed by atoms with Gasteiger partial charge in [0.25, 0.3) is 5.91 Å². The molecular formula is C14H14ClN3O. The van der Waals surface area contributed by atoms with Gasteiger partial charge in [-0.1, -0.05) is 23.7 Å². The molecule has 1 aromatic heterocycles. The molecule has 1 aliphatic rings. The first-order valence-corrected chi connectivity index (χ1v) is 6.65. The van der Waals surface area contributed by atoms with Gasteiger partial charge in [-0.2, -0.15) is 5.10 Å². The SMILES string of the molecule is O=C(c1cn[nH]c1)N1CC[C@H](c2cccc(Cl)c2)C1. The molecule has 1 atom stereocenters. The van der Waals surface area contributed by atoms with Crippen molar-refractivity contribution in [1.29, 1.82) is 0 Å². The van der Waals surface area contributed by atoms with Gasteiger partial charge in [0.2, 0.25) is 0 Å². The first-order valence-electron chi connectivity index (χ1n) is 6.27. The van der Waals surface area contributed by atoms with Crippen LogP contribution in [0.5, 0.6) is 0 Å². The van der Waals surface area contributed by atoms with E-state index in [9.17, 15) is 4.79 Å².